The highest BCUT2D eigenvalue weighted by Gasteiger charge is 2.45. The van der Waals surface area contributed by atoms with Crippen LogP contribution in [0.1, 0.15) is 76.3 Å². The fourth-order valence-corrected chi connectivity index (χ4v) is 7.81. The van der Waals surface area contributed by atoms with Gasteiger partial charge in [-0.25, -0.2) is 4.79 Å². The van der Waals surface area contributed by atoms with Gasteiger partial charge in [0.25, 0.3) is 5.91 Å². The molecule has 53 heavy (non-hydrogen) atoms. The first-order valence-electron chi connectivity index (χ1n) is 19.3. The highest BCUT2D eigenvalue weighted by atomic mass is 16.6. The van der Waals surface area contributed by atoms with E-state index in [-0.39, 0.29) is 42.4 Å². The van der Waals surface area contributed by atoms with Crippen LogP contribution in [0.5, 0.6) is 5.75 Å². The fraction of sp³-hybridized carbons (Fsp3) is 0.512. The summed E-state index contributed by atoms with van der Waals surface area (Å²) in [6, 6.07) is 24.9. The van der Waals surface area contributed by atoms with Crippen molar-refractivity contribution in [3.63, 3.8) is 0 Å². The first-order valence-corrected chi connectivity index (χ1v) is 19.3. The van der Waals surface area contributed by atoms with Crippen LogP contribution >= 0.6 is 0 Å². The SMILES string of the molecule is CCNC(=O)COc1cccc(-c2cccc([C@H]3CCN(C(=O)OC(C)(C)C)C[C@@H]3C(=O)N(CC3CN(CCCOC)c4ccccc43)C3CC3)c2)c1. The molecule has 0 radical (unpaired) electrons. The van der Waals surface area contributed by atoms with Gasteiger partial charge in [0.2, 0.25) is 5.91 Å². The number of fused-ring (bicyclic) bond motifs is 1. The van der Waals surface area contributed by atoms with Crippen LogP contribution in [0.15, 0.2) is 72.8 Å². The van der Waals surface area contributed by atoms with Crippen molar-refractivity contribution < 1.29 is 28.6 Å². The Bertz CT molecular complexity index is 1740. The lowest BCUT2D eigenvalue weighted by atomic mass is 9.78. The number of methoxy groups -OCH3 is 1. The second kappa shape index (κ2) is 17.1. The molecule has 2 fully saturated rings. The predicted octanol–water partition coefficient (Wildman–Crippen LogP) is 6.84. The highest BCUT2D eigenvalue weighted by molar-refractivity contribution is 5.82. The molecule has 1 N–H and O–H groups in total. The zero-order valence-corrected chi connectivity index (χ0v) is 32.0. The van der Waals surface area contributed by atoms with Gasteiger partial charge < -0.3 is 34.2 Å². The molecule has 10 nitrogen and oxygen atoms in total. The van der Waals surface area contributed by atoms with Crippen molar-refractivity contribution in [3.8, 4) is 16.9 Å². The van der Waals surface area contributed by atoms with Gasteiger partial charge in [-0.2, -0.15) is 0 Å². The molecule has 0 aromatic heterocycles. The van der Waals surface area contributed by atoms with Gasteiger partial charge in [-0.05, 0) is 99.7 Å². The fourth-order valence-electron chi connectivity index (χ4n) is 7.81. The molecule has 0 spiro atoms. The zero-order chi connectivity index (χ0) is 37.5. The van der Waals surface area contributed by atoms with Crippen molar-refractivity contribution in [1.29, 1.82) is 0 Å². The topological polar surface area (TPSA) is 101 Å². The number of anilines is 1. The molecule has 284 valence electrons. The lowest BCUT2D eigenvalue weighted by Crippen LogP contribution is -2.51. The normalized spacial score (nSPS) is 19.8. The number of nitrogens with one attached hydrogen (secondary N) is 1. The Morgan fingerprint density at radius 3 is 2.42 bits per heavy atom. The Labute approximate surface area is 314 Å². The third kappa shape index (κ3) is 9.71. The average molecular weight is 725 g/mol. The maximum absolute atomic E-state index is 15.0. The minimum atomic E-state index is -0.634. The Balaban J connectivity index is 1.26. The van der Waals surface area contributed by atoms with Gasteiger partial charge in [-0.1, -0.05) is 54.6 Å². The van der Waals surface area contributed by atoms with E-state index in [0.29, 0.717) is 45.0 Å². The van der Waals surface area contributed by atoms with E-state index in [1.165, 1.54) is 11.3 Å². The summed E-state index contributed by atoms with van der Waals surface area (Å²) in [5, 5.41) is 2.76. The van der Waals surface area contributed by atoms with Gasteiger partial charge in [-0.15, -0.1) is 0 Å². The largest absolute Gasteiger partial charge is 0.484 e. The number of ether oxygens (including phenoxy) is 3. The van der Waals surface area contributed by atoms with E-state index in [2.05, 4.69) is 57.6 Å². The predicted molar refractivity (Wildman–Crippen MR) is 207 cm³/mol. The number of likely N-dealkylation sites (tertiary alicyclic amines) is 1. The van der Waals surface area contributed by atoms with Crippen LogP contribution in [0, 0.1) is 5.92 Å². The minimum Gasteiger partial charge on any atom is -0.484 e. The molecule has 1 saturated carbocycles. The van der Waals surface area contributed by atoms with Crippen molar-refractivity contribution in [2.45, 2.75) is 76.9 Å². The number of benzene rings is 3. The summed E-state index contributed by atoms with van der Waals surface area (Å²) in [4.78, 5) is 46.8. The zero-order valence-electron chi connectivity index (χ0n) is 32.0. The van der Waals surface area contributed by atoms with Crippen LogP contribution in [-0.2, 0) is 19.1 Å². The molecule has 0 bridgehead atoms. The Kier molecular flexibility index (Phi) is 12.3. The molecule has 3 aromatic carbocycles. The molecule has 3 amide bonds. The summed E-state index contributed by atoms with van der Waals surface area (Å²) in [5.41, 5.74) is 4.95. The van der Waals surface area contributed by atoms with Crippen molar-refractivity contribution in [2.75, 3.05) is 64.5 Å². The Hall–Kier alpha value is -4.57. The molecule has 2 heterocycles. The smallest absolute Gasteiger partial charge is 0.410 e. The summed E-state index contributed by atoms with van der Waals surface area (Å²) in [6.07, 6.45) is 3.21. The molecule has 2 aliphatic heterocycles. The summed E-state index contributed by atoms with van der Waals surface area (Å²) in [5.74, 6) is 0.267. The Morgan fingerprint density at radius 2 is 1.68 bits per heavy atom. The van der Waals surface area contributed by atoms with Crippen molar-refractivity contribution in [2.24, 2.45) is 5.92 Å². The van der Waals surface area contributed by atoms with Crippen molar-refractivity contribution in [3.05, 3.63) is 83.9 Å². The van der Waals surface area contributed by atoms with Gasteiger partial charge in [0.05, 0.1) is 5.92 Å². The van der Waals surface area contributed by atoms with E-state index in [1.54, 1.807) is 12.0 Å². The molecule has 3 aliphatic rings. The van der Waals surface area contributed by atoms with Gasteiger partial charge in [-0.3, -0.25) is 9.59 Å². The lowest BCUT2D eigenvalue weighted by Gasteiger charge is -2.41. The second-order valence-corrected chi connectivity index (χ2v) is 15.6. The maximum atomic E-state index is 15.0. The molecule has 1 unspecified atom stereocenters. The van der Waals surface area contributed by atoms with Crippen LogP contribution in [0.4, 0.5) is 10.5 Å². The van der Waals surface area contributed by atoms with Crippen LogP contribution < -0.4 is 15.0 Å². The van der Waals surface area contributed by atoms with Crippen LogP contribution in [0.25, 0.3) is 11.1 Å². The first kappa shape index (κ1) is 38.2. The molecule has 10 heteroatoms. The minimum absolute atomic E-state index is 0.0485. The van der Waals surface area contributed by atoms with E-state index >= 15 is 4.79 Å². The lowest BCUT2D eigenvalue weighted by molar-refractivity contribution is -0.139. The number of piperidine rings is 1. The molecular weight excluding hydrogens is 668 g/mol. The number of carbonyl (C=O) groups is 3. The molecule has 3 atom stereocenters. The third-order valence-corrected chi connectivity index (χ3v) is 10.4. The number of para-hydroxylation sites is 1. The average Bonchev–Trinajstić information content (AvgIpc) is 3.94. The van der Waals surface area contributed by atoms with Crippen LogP contribution in [0.2, 0.25) is 0 Å². The third-order valence-electron chi connectivity index (χ3n) is 10.4. The van der Waals surface area contributed by atoms with Gasteiger partial charge in [0, 0.05) is 70.6 Å². The number of hydrogen-bond donors (Lipinski definition) is 1. The molecule has 1 aliphatic carbocycles. The second-order valence-electron chi connectivity index (χ2n) is 15.6. The molecular formula is C43H56N4O6. The van der Waals surface area contributed by atoms with E-state index < -0.39 is 11.5 Å². The molecule has 6 rings (SSSR count). The van der Waals surface area contributed by atoms with Crippen molar-refractivity contribution in [1.82, 2.24) is 15.1 Å². The summed E-state index contributed by atoms with van der Waals surface area (Å²) >= 11 is 0. The van der Waals surface area contributed by atoms with Gasteiger partial charge in [0.15, 0.2) is 6.61 Å². The Morgan fingerprint density at radius 1 is 0.925 bits per heavy atom. The monoisotopic (exact) mass is 724 g/mol. The molecule has 3 aromatic rings. The van der Waals surface area contributed by atoms with Crippen molar-refractivity contribution >= 4 is 23.6 Å². The highest BCUT2D eigenvalue weighted by Crippen LogP contribution is 2.42. The number of amides is 3. The van der Waals surface area contributed by atoms with E-state index in [0.717, 1.165) is 49.0 Å². The van der Waals surface area contributed by atoms with Gasteiger partial charge in [0.1, 0.15) is 11.4 Å². The molecule has 1 saturated heterocycles. The van der Waals surface area contributed by atoms with E-state index in [1.807, 2.05) is 58.0 Å². The number of hydrogen-bond acceptors (Lipinski definition) is 7. The standard InChI is InChI=1S/C43H56N4O6/c1-6-44-40(48)29-52-35-15-10-13-31(25-35)30-12-9-14-32(24-30)36-20-22-46(42(50)53-43(2,3)4)28-38(36)41(49)47(34-18-19-34)27-33-26-45(21-11-23-51-5)39-17-8-7-16-37(33)39/h7-10,12-17,24-25,33-34,36,38H,6,11,18-23,26-29H2,1-5H3,(H,44,48)/t33?,36-,38+/m1/s1. The summed E-state index contributed by atoms with van der Waals surface area (Å²) in [7, 11) is 1.74. The van der Waals surface area contributed by atoms with Crippen LogP contribution in [0.3, 0.4) is 0 Å². The van der Waals surface area contributed by atoms with Crippen LogP contribution in [-0.4, -0.2) is 98.9 Å². The first-order chi connectivity index (χ1) is 25.5. The number of carbonyl (C=O) groups excluding carboxylic acids is 3. The summed E-state index contributed by atoms with van der Waals surface area (Å²) in [6.45, 7) is 12.0. The maximum Gasteiger partial charge on any atom is 0.410 e. The van der Waals surface area contributed by atoms with E-state index in [9.17, 15) is 9.59 Å². The van der Waals surface area contributed by atoms with Gasteiger partial charge >= 0.3 is 6.09 Å². The van der Waals surface area contributed by atoms with E-state index in [4.69, 9.17) is 14.2 Å². The number of nitrogens with zero attached hydrogens (tertiary/aromatic N) is 3. The number of rotatable bonds is 14. The quantitative estimate of drug-likeness (QED) is 0.182. The number of likely N-dealkylation sites (N-methyl/N-ethyl adjacent to an activating group) is 1. The summed E-state index contributed by atoms with van der Waals surface area (Å²) < 4.78 is 16.9.